The zero-order chi connectivity index (χ0) is 21.6. The lowest BCUT2D eigenvalue weighted by atomic mass is 10.2. The van der Waals surface area contributed by atoms with Crippen LogP contribution < -0.4 is 15.4 Å². The number of benzene rings is 1. The molecule has 1 amide bonds. The second-order valence-electron chi connectivity index (χ2n) is 5.94. The number of hydrogen-bond acceptors (Lipinski definition) is 6. The summed E-state index contributed by atoms with van der Waals surface area (Å²) in [5, 5.41) is 5.21. The van der Waals surface area contributed by atoms with E-state index in [1.165, 1.54) is 30.6 Å². The van der Waals surface area contributed by atoms with Gasteiger partial charge < -0.3 is 15.4 Å². The maximum atomic E-state index is 13.7. The van der Waals surface area contributed by atoms with Crippen molar-refractivity contribution in [3.05, 3.63) is 72.1 Å². The number of anilines is 2. The maximum Gasteiger partial charge on any atom is 0.422 e. The molecule has 0 saturated heterocycles. The Morgan fingerprint density at radius 1 is 1.10 bits per heavy atom. The molecule has 2 aromatic heterocycles. The van der Waals surface area contributed by atoms with Crippen molar-refractivity contribution in [3.63, 3.8) is 0 Å². The van der Waals surface area contributed by atoms with E-state index >= 15 is 0 Å². The first-order valence-electron chi connectivity index (χ1n) is 8.57. The van der Waals surface area contributed by atoms with E-state index < -0.39 is 24.5 Å². The van der Waals surface area contributed by atoms with Gasteiger partial charge in [-0.1, -0.05) is 18.2 Å². The van der Waals surface area contributed by atoms with Gasteiger partial charge in [-0.05, 0) is 12.1 Å². The molecule has 30 heavy (non-hydrogen) atoms. The molecule has 2 heterocycles. The summed E-state index contributed by atoms with van der Waals surface area (Å²) in [5.74, 6) is -1.23. The van der Waals surface area contributed by atoms with E-state index in [9.17, 15) is 22.4 Å². The van der Waals surface area contributed by atoms with Crippen LogP contribution >= 0.6 is 0 Å². The van der Waals surface area contributed by atoms with Gasteiger partial charge in [-0.2, -0.15) is 13.2 Å². The average molecular weight is 421 g/mol. The van der Waals surface area contributed by atoms with Crippen LogP contribution in [0.2, 0.25) is 0 Å². The summed E-state index contributed by atoms with van der Waals surface area (Å²) >= 11 is 0. The molecular formula is C19H15F4N5O2. The molecule has 0 aliphatic heterocycles. The minimum Gasteiger partial charge on any atom is -0.482 e. The number of aromatic nitrogens is 3. The van der Waals surface area contributed by atoms with E-state index in [4.69, 9.17) is 4.74 Å². The van der Waals surface area contributed by atoms with Crippen LogP contribution in [0.5, 0.6) is 5.75 Å². The van der Waals surface area contributed by atoms with Gasteiger partial charge in [0.15, 0.2) is 6.61 Å². The molecule has 0 fully saturated rings. The zero-order valence-corrected chi connectivity index (χ0v) is 15.3. The number of hydrogen-bond donors (Lipinski definition) is 2. The van der Waals surface area contributed by atoms with Crippen LogP contribution in [0.3, 0.4) is 0 Å². The number of amides is 1. The first-order chi connectivity index (χ1) is 14.3. The van der Waals surface area contributed by atoms with Crippen molar-refractivity contribution in [2.75, 3.05) is 17.2 Å². The van der Waals surface area contributed by atoms with Crippen molar-refractivity contribution >= 4 is 17.5 Å². The van der Waals surface area contributed by atoms with Gasteiger partial charge in [0.25, 0.3) is 5.91 Å². The number of carbonyl (C=O) groups excluding carboxylic acids is 1. The minimum atomic E-state index is -4.53. The molecule has 0 aliphatic rings. The van der Waals surface area contributed by atoms with E-state index in [0.717, 1.165) is 6.20 Å². The third-order valence-electron chi connectivity index (χ3n) is 3.70. The van der Waals surface area contributed by atoms with Gasteiger partial charge >= 0.3 is 6.18 Å². The summed E-state index contributed by atoms with van der Waals surface area (Å²) in [6, 6.07) is 8.65. The number of rotatable bonds is 7. The fourth-order valence-corrected chi connectivity index (χ4v) is 2.33. The normalized spacial score (nSPS) is 11.1. The summed E-state index contributed by atoms with van der Waals surface area (Å²) in [6.07, 6.45) is -0.829. The van der Waals surface area contributed by atoms with Gasteiger partial charge in [-0.15, -0.1) is 0 Å². The van der Waals surface area contributed by atoms with Gasteiger partial charge in [0, 0.05) is 30.6 Å². The Morgan fingerprint density at radius 2 is 1.90 bits per heavy atom. The monoisotopic (exact) mass is 421 g/mol. The lowest BCUT2D eigenvalue weighted by molar-refractivity contribution is -0.153. The highest BCUT2D eigenvalue weighted by molar-refractivity contribution is 6.03. The van der Waals surface area contributed by atoms with Crippen LogP contribution in [0.1, 0.15) is 16.1 Å². The smallest absolute Gasteiger partial charge is 0.422 e. The number of carbonyl (C=O) groups is 1. The van der Waals surface area contributed by atoms with E-state index in [2.05, 4.69) is 25.6 Å². The van der Waals surface area contributed by atoms with Crippen LogP contribution in [0.4, 0.5) is 29.2 Å². The second-order valence-corrected chi connectivity index (χ2v) is 5.94. The third kappa shape index (κ3) is 5.87. The molecule has 0 aliphatic carbocycles. The van der Waals surface area contributed by atoms with Crippen molar-refractivity contribution in [2.45, 2.75) is 12.7 Å². The van der Waals surface area contributed by atoms with Gasteiger partial charge in [-0.25, -0.2) is 14.4 Å². The van der Waals surface area contributed by atoms with Crippen molar-refractivity contribution in [3.8, 4) is 5.75 Å². The molecule has 0 saturated carbocycles. The van der Waals surface area contributed by atoms with Gasteiger partial charge in [0.05, 0.1) is 6.20 Å². The van der Waals surface area contributed by atoms with Crippen LogP contribution in [0.25, 0.3) is 0 Å². The number of halogens is 4. The Labute approximate surface area is 168 Å². The lowest BCUT2D eigenvalue weighted by Gasteiger charge is -2.13. The summed E-state index contributed by atoms with van der Waals surface area (Å²) in [7, 11) is 0. The molecule has 2 N–H and O–H groups in total. The molecule has 156 valence electrons. The average Bonchev–Trinajstić information content (AvgIpc) is 2.72. The third-order valence-corrected chi connectivity index (χ3v) is 3.70. The molecule has 0 atom stereocenters. The number of ether oxygens (including phenoxy) is 1. The zero-order valence-electron chi connectivity index (χ0n) is 15.3. The molecule has 0 bridgehead atoms. The predicted molar refractivity (Wildman–Crippen MR) is 99.5 cm³/mol. The number of alkyl halides is 3. The maximum absolute atomic E-state index is 13.7. The van der Waals surface area contributed by atoms with E-state index in [-0.39, 0.29) is 29.6 Å². The first-order valence-corrected chi connectivity index (χ1v) is 8.57. The molecule has 0 spiro atoms. The SMILES string of the molecule is O=C(Nc1cnccc1OCC(F)(F)F)c1ccnc(NCc2ccccc2F)n1. The van der Waals surface area contributed by atoms with E-state index in [0.29, 0.717) is 5.56 Å². The molecule has 3 rings (SSSR count). The molecule has 0 radical (unpaired) electrons. The minimum absolute atomic E-state index is 0.0498. The predicted octanol–water partition coefficient (Wildman–Crippen LogP) is 3.82. The van der Waals surface area contributed by atoms with Crippen LogP contribution in [-0.4, -0.2) is 33.6 Å². The number of nitrogens with one attached hydrogen (secondary N) is 2. The Hall–Kier alpha value is -3.76. The molecule has 3 aromatic rings. The number of pyridine rings is 1. The largest absolute Gasteiger partial charge is 0.482 e. The first kappa shape index (κ1) is 21.0. The summed E-state index contributed by atoms with van der Waals surface area (Å²) < 4.78 is 55.6. The topological polar surface area (TPSA) is 89.0 Å². The second kappa shape index (κ2) is 9.16. The summed E-state index contributed by atoms with van der Waals surface area (Å²) in [4.78, 5) is 24.2. The van der Waals surface area contributed by atoms with Crippen LogP contribution in [0, 0.1) is 5.82 Å². The van der Waals surface area contributed by atoms with Gasteiger partial charge in [-0.3, -0.25) is 9.78 Å². The highest BCUT2D eigenvalue weighted by atomic mass is 19.4. The standard InChI is InChI=1S/C19H15F4N5O2/c20-13-4-2-1-3-12(13)9-26-18-25-8-5-14(28-18)17(29)27-15-10-24-7-6-16(15)30-11-19(21,22)23/h1-8,10H,9,11H2,(H,27,29)(H,25,26,28). The summed E-state index contributed by atoms with van der Waals surface area (Å²) in [5.41, 5.74) is 0.274. The summed E-state index contributed by atoms with van der Waals surface area (Å²) in [6.45, 7) is -1.42. The fourth-order valence-electron chi connectivity index (χ4n) is 2.33. The molecule has 7 nitrogen and oxygen atoms in total. The van der Waals surface area contributed by atoms with Gasteiger partial charge in [0.1, 0.15) is 22.9 Å². The van der Waals surface area contributed by atoms with Crippen LogP contribution in [0.15, 0.2) is 55.0 Å². The number of nitrogens with zero attached hydrogens (tertiary/aromatic N) is 3. The Bertz CT molecular complexity index is 1030. The Morgan fingerprint density at radius 3 is 2.67 bits per heavy atom. The fraction of sp³-hybridized carbons (Fsp3) is 0.158. The highest BCUT2D eigenvalue weighted by Crippen LogP contribution is 2.25. The molecule has 1 aromatic carbocycles. The molecule has 11 heteroatoms. The quantitative estimate of drug-likeness (QED) is 0.564. The van der Waals surface area contributed by atoms with Gasteiger partial charge in [0.2, 0.25) is 5.95 Å². The van der Waals surface area contributed by atoms with Crippen molar-refractivity contribution in [2.24, 2.45) is 0 Å². The molecular weight excluding hydrogens is 406 g/mol. The van der Waals surface area contributed by atoms with Crippen molar-refractivity contribution < 1.29 is 27.1 Å². The highest BCUT2D eigenvalue weighted by Gasteiger charge is 2.29. The van der Waals surface area contributed by atoms with Crippen LogP contribution in [-0.2, 0) is 6.54 Å². The van der Waals surface area contributed by atoms with E-state index in [1.807, 2.05) is 0 Å². The Kier molecular flexibility index (Phi) is 6.40. The van der Waals surface area contributed by atoms with E-state index in [1.54, 1.807) is 18.2 Å². The van der Waals surface area contributed by atoms with Crippen molar-refractivity contribution in [1.29, 1.82) is 0 Å². The molecule has 0 unspecified atom stereocenters. The lowest BCUT2D eigenvalue weighted by Crippen LogP contribution is -2.21. The Balaban J connectivity index is 1.68. The van der Waals surface area contributed by atoms with Crippen molar-refractivity contribution in [1.82, 2.24) is 15.0 Å².